The first-order chi connectivity index (χ1) is 6.40. The standard InChI is InChI=1S/C9H12N2O2/c1-10-13-11-8-2-3-9-7(6-8)4-5-12-9/h2-3,6,10-11H,4-5H2,1H3. The van der Waals surface area contributed by atoms with Gasteiger partial charge >= 0.3 is 0 Å². The Hall–Kier alpha value is -1.26. The maximum Gasteiger partial charge on any atom is 0.122 e. The first kappa shape index (κ1) is 8.34. The summed E-state index contributed by atoms with van der Waals surface area (Å²) in [5.74, 6) is 0.981. The van der Waals surface area contributed by atoms with Crippen molar-refractivity contribution in [2.75, 3.05) is 19.1 Å². The van der Waals surface area contributed by atoms with Crippen molar-refractivity contribution in [2.45, 2.75) is 6.42 Å². The third-order valence-electron chi connectivity index (χ3n) is 1.96. The van der Waals surface area contributed by atoms with Gasteiger partial charge in [0.15, 0.2) is 0 Å². The average molecular weight is 180 g/mol. The summed E-state index contributed by atoms with van der Waals surface area (Å²) in [6, 6.07) is 5.89. The van der Waals surface area contributed by atoms with Crippen molar-refractivity contribution in [3.8, 4) is 5.75 Å². The van der Waals surface area contributed by atoms with Gasteiger partial charge in [-0.25, -0.2) is 5.48 Å². The van der Waals surface area contributed by atoms with Gasteiger partial charge < -0.3 is 4.74 Å². The van der Waals surface area contributed by atoms with Crippen molar-refractivity contribution in [2.24, 2.45) is 0 Å². The third-order valence-corrected chi connectivity index (χ3v) is 1.96. The quantitative estimate of drug-likeness (QED) is 0.683. The molecular weight excluding hydrogens is 168 g/mol. The van der Waals surface area contributed by atoms with E-state index in [-0.39, 0.29) is 0 Å². The molecule has 0 saturated heterocycles. The fourth-order valence-corrected chi connectivity index (χ4v) is 1.36. The van der Waals surface area contributed by atoms with Crippen molar-refractivity contribution in [1.29, 1.82) is 0 Å². The van der Waals surface area contributed by atoms with Gasteiger partial charge in [0.1, 0.15) is 5.75 Å². The van der Waals surface area contributed by atoms with Gasteiger partial charge in [-0.3, -0.25) is 0 Å². The van der Waals surface area contributed by atoms with Gasteiger partial charge in [-0.2, -0.15) is 10.4 Å². The summed E-state index contributed by atoms with van der Waals surface area (Å²) in [5, 5.41) is 0. The number of benzene rings is 1. The van der Waals surface area contributed by atoms with E-state index >= 15 is 0 Å². The normalized spacial score (nSPS) is 13.6. The zero-order valence-corrected chi connectivity index (χ0v) is 7.46. The summed E-state index contributed by atoms with van der Waals surface area (Å²) in [5.41, 5.74) is 7.45. The first-order valence-electron chi connectivity index (χ1n) is 4.24. The van der Waals surface area contributed by atoms with Crippen LogP contribution in [0.1, 0.15) is 5.56 Å². The SMILES string of the molecule is CNONc1ccc2c(c1)CCO2. The second kappa shape index (κ2) is 3.64. The zero-order chi connectivity index (χ0) is 9.10. The predicted octanol–water partition coefficient (Wildman–Crippen LogP) is 1.10. The Balaban J connectivity index is 2.12. The minimum absolute atomic E-state index is 0.783. The molecule has 1 heterocycles. The van der Waals surface area contributed by atoms with Gasteiger partial charge in [-0.1, -0.05) is 0 Å². The number of hydrogen-bond acceptors (Lipinski definition) is 4. The van der Waals surface area contributed by atoms with Crippen molar-refractivity contribution in [1.82, 2.24) is 5.48 Å². The summed E-state index contributed by atoms with van der Waals surface area (Å²) in [6.07, 6.45) is 0.977. The number of hydroxylamine groups is 1. The van der Waals surface area contributed by atoms with E-state index in [9.17, 15) is 0 Å². The molecule has 0 fully saturated rings. The molecule has 0 spiro atoms. The maximum absolute atomic E-state index is 5.37. The fourth-order valence-electron chi connectivity index (χ4n) is 1.36. The van der Waals surface area contributed by atoms with E-state index in [1.54, 1.807) is 7.05 Å². The van der Waals surface area contributed by atoms with Gasteiger partial charge in [0, 0.05) is 13.5 Å². The van der Waals surface area contributed by atoms with Gasteiger partial charge in [-0.05, 0) is 23.8 Å². The molecule has 4 nitrogen and oxygen atoms in total. The smallest absolute Gasteiger partial charge is 0.122 e. The number of hydrogen-bond donors (Lipinski definition) is 2. The molecule has 70 valence electrons. The largest absolute Gasteiger partial charge is 0.493 e. The first-order valence-corrected chi connectivity index (χ1v) is 4.24. The van der Waals surface area contributed by atoms with E-state index in [0.29, 0.717) is 0 Å². The highest BCUT2D eigenvalue weighted by molar-refractivity contribution is 5.51. The summed E-state index contributed by atoms with van der Waals surface area (Å²) in [7, 11) is 1.70. The molecule has 0 amide bonds. The number of ether oxygens (including phenoxy) is 1. The van der Waals surface area contributed by atoms with Crippen LogP contribution in [-0.4, -0.2) is 13.7 Å². The Bertz CT molecular complexity index is 302. The van der Waals surface area contributed by atoms with Crippen molar-refractivity contribution >= 4 is 5.69 Å². The van der Waals surface area contributed by atoms with E-state index in [2.05, 4.69) is 11.0 Å². The number of anilines is 1. The topological polar surface area (TPSA) is 42.5 Å². The average Bonchev–Trinajstić information content (AvgIpc) is 2.61. The molecule has 0 atom stereocenters. The lowest BCUT2D eigenvalue weighted by Gasteiger charge is -2.05. The van der Waals surface area contributed by atoms with Crippen molar-refractivity contribution in [3.05, 3.63) is 23.8 Å². The van der Waals surface area contributed by atoms with Crippen LogP contribution in [0.4, 0.5) is 5.69 Å². The van der Waals surface area contributed by atoms with Crippen LogP contribution < -0.4 is 15.7 Å². The van der Waals surface area contributed by atoms with E-state index in [4.69, 9.17) is 9.68 Å². The molecule has 4 heteroatoms. The maximum atomic E-state index is 5.37. The predicted molar refractivity (Wildman–Crippen MR) is 49.4 cm³/mol. The Morgan fingerprint density at radius 3 is 3.23 bits per heavy atom. The lowest BCUT2D eigenvalue weighted by molar-refractivity contribution is 0.109. The number of rotatable bonds is 3. The summed E-state index contributed by atoms with van der Waals surface area (Å²) < 4.78 is 5.37. The number of fused-ring (bicyclic) bond motifs is 1. The van der Waals surface area contributed by atoms with Crippen LogP contribution in [0.25, 0.3) is 0 Å². The zero-order valence-electron chi connectivity index (χ0n) is 7.46. The molecule has 0 bridgehead atoms. The third kappa shape index (κ3) is 1.74. The highest BCUT2D eigenvalue weighted by Gasteiger charge is 2.11. The highest BCUT2D eigenvalue weighted by atomic mass is 16.8. The molecule has 1 aliphatic rings. The van der Waals surface area contributed by atoms with E-state index in [1.807, 2.05) is 18.2 Å². The molecule has 1 aliphatic heterocycles. The molecule has 2 N–H and O–H groups in total. The lowest BCUT2D eigenvalue weighted by atomic mass is 10.1. The summed E-state index contributed by atoms with van der Waals surface area (Å²) >= 11 is 0. The minimum atomic E-state index is 0.783. The van der Waals surface area contributed by atoms with E-state index < -0.39 is 0 Å². The molecular formula is C9H12N2O2. The Labute approximate surface area is 76.8 Å². The molecule has 0 aliphatic carbocycles. The van der Waals surface area contributed by atoms with Gasteiger partial charge in [-0.15, -0.1) is 0 Å². The van der Waals surface area contributed by atoms with E-state index in [1.165, 1.54) is 5.56 Å². The molecule has 0 aromatic heterocycles. The monoisotopic (exact) mass is 180 g/mol. The molecule has 13 heavy (non-hydrogen) atoms. The number of nitrogens with one attached hydrogen (secondary N) is 2. The Morgan fingerprint density at radius 1 is 1.46 bits per heavy atom. The van der Waals surface area contributed by atoms with Crippen LogP contribution in [0.15, 0.2) is 18.2 Å². The van der Waals surface area contributed by atoms with Gasteiger partial charge in [0.05, 0.1) is 12.3 Å². The molecule has 2 rings (SSSR count). The highest BCUT2D eigenvalue weighted by Crippen LogP contribution is 2.27. The Kier molecular flexibility index (Phi) is 2.33. The van der Waals surface area contributed by atoms with Crippen LogP contribution in [0.2, 0.25) is 0 Å². The van der Waals surface area contributed by atoms with Crippen molar-refractivity contribution in [3.63, 3.8) is 0 Å². The van der Waals surface area contributed by atoms with Crippen molar-refractivity contribution < 1.29 is 9.68 Å². The van der Waals surface area contributed by atoms with Crippen LogP contribution in [0, 0.1) is 0 Å². The second-order valence-corrected chi connectivity index (χ2v) is 2.83. The van der Waals surface area contributed by atoms with Gasteiger partial charge in [0.2, 0.25) is 0 Å². The fraction of sp³-hybridized carbons (Fsp3) is 0.333. The van der Waals surface area contributed by atoms with Gasteiger partial charge in [0.25, 0.3) is 0 Å². The van der Waals surface area contributed by atoms with E-state index in [0.717, 1.165) is 24.5 Å². The molecule has 0 saturated carbocycles. The molecule has 0 radical (unpaired) electrons. The molecule has 1 aromatic rings. The molecule has 1 aromatic carbocycles. The lowest BCUT2D eigenvalue weighted by Crippen LogP contribution is -2.12. The van der Waals surface area contributed by atoms with Crippen LogP contribution >= 0.6 is 0 Å². The summed E-state index contributed by atoms with van der Waals surface area (Å²) in [4.78, 5) is 4.84. The molecule has 0 unspecified atom stereocenters. The van der Waals surface area contributed by atoms with Crippen LogP contribution in [0.3, 0.4) is 0 Å². The summed E-state index contributed by atoms with van der Waals surface area (Å²) in [6.45, 7) is 0.783. The minimum Gasteiger partial charge on any atom is -0.493 e. The van der Waals surface area contributed by atoms with Crippen LogP contribution in [-0.2, 0) is 11.4 Å². The Morgan fingerprint density at radius 2 is 2.38 bits per heavy atom. The van der Waals surface area contributed by atoms with Crippen LogP contribution in [0.5, 0.6) is 5.75 Å². The second-order valence-electron chi connectivity index (χ2n) is 2.83.